The second kappa shape index (κ2) is 5.61. The topological polar surface area (TPSA) is 15.3 Å². The van der Waals surface area contributed by atoms with Crippen LogP contribution in [0.5, 0.6) is 0 Å². The Morgan fingerprint density at radius 3 is 2.67 bits per heavy atom. The van der Waals surface area contributed by atoms with Gasteiger partial charge in [0.1, 0.15) is 5.82 Å². The van der Waals surface area contributed by atoms with Crippen molar-refractivity contribution in [2.45, 2.75) is 31.9 Å². The van der Waals surface area contributed by atoms with E-state index >= 15 is 0 Å². The van der Waals surface area contributed by atoms with Crippen LogP contribution in [0, 0.1) is 5.82 Å². The van der Waals surface area contributed by atoms with Crippen LogP contribution < -0.4 is 10.2 Å². The van der Waals surface area contributed by atoms with E-state index in [1.165, 1.54) is 17.0 Å². The van der Waals surface area contributed by atoms with Gasteiger partial charge in [-0.15, -0.1) is 0 Å². The van der Waals surface area contributed by atoms with Crippen molar-refractivity contribution in [2.24, 2.45) is 0 Å². The second-order valence-electron chi connectivity index (χ2n) is 4.74. The summed E-state index contributed by atoms with van der Waals surface area (Å²) in [5.41, 5.74) is 1.28. The Hall–Kier alpha value is -1.23. The van der Waals surface area contributed by atoms with Gasteiger partial charge in [-0.1, -0.05) is 0 Å². The van der Waals surface area contributed by atoms with Gasteiger partial charge in [-0.2, -0.15) is 0 Å². The first-order valence-corrected chi connectivity index (χ1v) is 6.07. The summed E-state index contributed by atoms with van der Waals surface area (Å²) in [6.45, 7) is 0.191. The lowest BCUT2D eigenvalue weighted by Crippen LogP contribution is -2.24. The zero-order valence-electron chi connectivity index (χ0n) is 10.3. The molecule has 1 aromatic carbocycles. The van der Waals surface area contributed by atoms with Crippen molar-refractivity contribution >= 4 is 5.69 Å². The minimum Gasteiger partial charge on any atom is -0.369 e. The largest absolute Gasteiger partial charge is 0.369 e. The minimum absolute atomic E-state index is 0.388. The summed E-state index contributed by atoms with van der Waals surface area (Å²) < 4.78 is 38.0. The van der Waals surface area contributed by atoms with E-state index in [-0.39, 0.29) is 12.4 Å². The lowest BCUT2D eigenvalue weighted by molar-refractivity contribution is 0.156. The number of hydrogen-bond acceptors (Lipinski definition) is 2. The zero-order chi connectivity index (χ0) is 13.1. The molecule has 0 unspecified atom stereocenters. The molecule has 1 aliphatic carbocycles. The Bertz CT molecular complexity index is 405. The fraction of sp³-hybridized carbons (Fsp3) is 0.538. The molecule has 2 nitrogen and oxygen atoms in total. The maximum Gasteiger partial charge on any atom is 0.255 e. The minimum atomic E-state index is -2.42. The van der Waals surface area contributed by atoms with Gasteiger partial charge < -0.3 is 10.2 Å². The third-order valence-electron chi connectivity index (χ3n) is 2.97. The van der Waals surface area contributed by atoms with Crippen LogP contribution in [0.3, 0.4) is 0 Å². The van der Waals surface area contributed by atoms with Crippen LogP contribution in [0.25, 0.3) is 0 Å². The molecule has 0 bridgehead atoms. The summed E-state index contributed by atoms with van der Waals surface area (Å²) in [5, 5.41) is 3.27. The lowest BCUT2D eigenvalue weighted by atomic mass is 10.1. The number of hydrogen-bond donors (Lipinski definition) is 1. The summed E-state index contributed by atoms with van der Waals surface area (Å²) in [7, 11) is 1.54. The summed E-state index contributed by atoms with van der Waals surface area (Å²) >= 11 is 0. The first-order chi connectivity index (χ1) is 8.54. The number of nitrogens with one attached hydrogen (secondary N) is 1. The van der Waals surface area contributed by atoms with Gasteiger partial charge in [-0.05, 0) is 36.6 Å². The monoisotopic (exact) mass is 258 g/mol. The first kappa shape index (κ1) is 13.2. The highest BCUT2D eigenvalue weighted by Gasteiger charge is 2.20. The molecule has 100 valence electrons. The maximum absolute atomic E-state index is 13.4. The predicted molar refractivity (Wildman–Crippen MR) is 65.5 cm³/mol. The van der Waals surface area contributed by atoms with Crippen LogP contribution in [0.15, 0.2) is 18.2 Å². The molecule has 0 aromatic heterocycles. The molecule has 0 heterocycles. The van der Waals surface area contributed by atoms with Gasteiger partial charge in [0.15, 0.2) is 0 Å². The molecule has 0 atom stereocenters. The van der Waals surface area contributed by atoms with Gasteiger partial charge in [-0.25, -0.2) is 13.2 Å². The molecule has 0 spiro atoms. The van der Waals surface area contributed by atoms with Gasteiger partial charge in [0.05, 0.1) is 6.54 Å². The summed E-state index contributed by atoms with van der Waals surface area (Å²) in [6, 6.07) is 5.01. The predicted octanol–water partition coefficient (Wildman–Crippen LogP) is 2.78. The van der Waals surface area contributed by atoms with Crippen molar-refractivity contribution in [2.75, 3.05) is 18.5 Å². The Balaban J connectivity index is 2.04. The third kappa shape index (κ3) is 3.91. The normalized spacial score (nSPS) is 15.2. The number of nitrogens with zero attached hydrogens (tertiary/aromatic N) is 1. The van der Waals surface area contributed by atoms with E-state index in [4.69, 9.17) is 0 Å². The molecule has 1 aromatic rings. The SMILES string of the molecule is CN(CC(F)F)c1cc(F)cc(CNC2CC2)c1. The van der Waals surface area contributed by atoms with Crippen molar-refractivity contribution in [1.29, 1.82) is 0 Å². The highest BCUT2D eigenvalue weighted by molar-refractivity contribution is 5.48. The van der Waals surface area contributed by atoms with Crippen LogP contribution in [0.2, 0.25) is 0 Å². The van der Waals surface area contributed by atoms with Gasteiger partial charge in [0.2, 0.25) is 0 Å². The van der Waals surface area contributed by atoms with Crippen LogP contribution in [-0.4, -0.2) is 26.1 Å². The highest BCUT2D eigenvalue weighted by atomic mass is 19.3. The van der Waals surface area contributed by atoms with E-state index in [1.807, 2.05) is 0 Å². The number of halogens is 3. The third-order valence-corrected chi connectivity index (χ3v) is 2.97. The number of alkyl halides is 2. The van der Waals surface area contributed by atoms with Crippen LogP contribution >= 0.6 is 0 Å². The van der Waals surface area contributed by atoms with Gasteiger partial charge in [-0.3, -0.25) is 0 Å². The molecule has 5 heteroatoms. The van der Waals surface area contributed by atoms with Crippen molar-refractivity contribution < 1.29 is 13.2 Å². The lowest BCUT2D eigenvalue weighted by Gasteiger charge is -2.19. The van der Waals surface area contributed by atoms with E-state index in [9.17, 15) is 13.2 Å². The number of rotatable bonds is 6. The molecular formula is C13H17F3N2. The Morgan fingerprint density at radius 1 is 1.33 bits per heavy atom. The summed E-state index contributed by atoms with van der Waals surface area (Å²) in [6.07, 6.45) is -0.104. The number of anilines is 1. The first-order valence-electron chi connectivity index (χ1n) is 6.07. The second-order valence-corrected chi connectivity index (χ2v) is 4.74. The van der Waals surface area contributed by atoms with Crippen molar-refractivity contribution in [3.8, 4) is 0 Å². The molecule has 0 radical (unpaired) electrons. The van der Waals surface area contributed by atoms with Crippen molar-refractivity contribution in [3.63, 3.8) is 0 Å². The Kier molecular flexibility index (Phi) is 4.11. The molecular weight excluding hydrogens is 241 g/mol. The Labute approximate surface area is 105 Å². The maximum atomic E-state index is 13.4. The summed E-state index contributed by atoms with van der Waals surface area (Å²) in [5.74, 6) is -0.388. The van der Waals surface area contributed by atoms with E-state index in [2.05, 4.69) is 5.32 Å². The molecule has 2 rings (SSSR count). The van der Waals surface area contributed by atoms with Gasteiger partial charge >= 0.3 is 0 Å². The molecule has 1 fully saturated rings. The van der Waals surface area contributed by atoms with Crippen molar-refractivity contribution in [1.82, 2.24) is 5.32 Å². The Morgan fingerprint density at radius 2 is 2.06 bits per heavy atom. The van der Waals surface area contributed by atoms with E-state index in [0.717, 1.165) is 18.4 Å². The quantitative estimate of drug-likeness (QED) is 0.844. The van der Waals surface area contributed by atoms with Crippen LogP contribution in [-0.2, 0) is 6.54 Å². The van der Waals surface area contributed by atoms with E-state index in [1.54, 1.807) is 13.1 Å². The fourth-order valence-corrected chi connectivity index (χ4v) is 1.82. The summed E-state index contributed by atoms with van der Waals surface area (Å²) in [4.78, 5) is 1.37. The van der Waals surface area contributed by atoms with E-state index < -0.39 is 6.43 Å². The average Bonchev–Trinajstić information content (AvgIpc) is 3.08. The van der Waals surface area contributed by atoms with E-state index in [0.29, 0.717) is 18.3 Å². The van der Waals surface area contributed by atoms with Crippen LogP contribution in [0.4, 0.5) is 18.9 Å². The smallest absolute Gasteiger partial charge is 0.255 e. The molecule has 0 aliphatic heterocycles. The molecule has 18 heavy (non-hydrogen) atoms. The molecule has 0 saturated heterocycles. The van der Waals surface area contributed by atoms with Gasteiger partial charge in [0, 0.05) is 25.3 Å². The number of benzene rings is 1. The molecule has 1 aliphatic rings. The zero-order valence-corrected chi connectivity index (χ0v) is 10.3. The molecule has 1 saturated carbocycles. The van der Waals surface area contributed by atoms with Crippen LogP contribution in [0.1, 0.15) is 18.4 Å². The van der Waals surface area contributed by atoms with Gasteiger partial charge in [0.25, 0.3) is 6.43 Å². The highest BCUT2D eigenvalue weighted by Crippen LogP contribution is 2.22. The average molecular weight is 258 g/mol. The fourth-order valence-electron chi connectivity index (χ4n) is 1.82. The molecule has 1 N–H and O–H groups in total. The molecule has 0 amide bonds. The standard InChI is InChI=1S/C13H17F3N2/c1-18(8-13(15)16)12-5-9(4-10(14)6-12)7-17-11-2-3-11/h4-6,11,13,17H,2-3,7-8H2,1H3. The van der Waals surface area contributed by atoms with Crippen molar-refractivity contribution in [3.05, 3.63) is 29.6 Å².